The monoisotopic (exact) mass is 756 g/mol. The summed E-state index contributed by atoms with van der Waals surface area (Å²) in [5.74, 6) is 1.34. The summed E-state index contributed by atoms with van der Waals surface area (Å²) in [4.78, 5) is 48.6. The van der Waals surface area contributed by atoms with E-state index >= 15 is 0 Å². The van der Waals surface area contributed by atoms with Gasteiger partial charge < -0.3 is 9.47 Å². The Bertz CT molecular complexity index is 2230. The maximum Gasteiger partial charge on any atom is 0.268 e. The lowest BCUT2D eigenvalue weighted by Crippen LogP contribution is -2.14. The van der Waals surface area contributed by atoms with Crippen LogP contribution < -0.4 is 20.6 Å². The van der Waals surface area contributed by atoms with Crippen LogP contribution in [-0.4, -0.2) is 31.4 Å². The topological polar surface area (TPSA) is 128 Å². The Hall–Kier alpha value is -6.16. The number of H-pyrrole nitrogens is 2. The van der Waals surface area contributed by atoms with Crippen molar-refractivity contribution in [2.24, 2.45) is 0 Å². The molecule has 0 amide bonds. The summed E-state index contributed by atoms with van der Waals surface area (Å²) in [6.45, 7) is 15.9. The Balaban J connectivity index is 0.000000214. The van der Waals surface area contributed by atoms with Crippen molar-refractivity contribution in [2.75, 3.05) is 0 Å². The standard InChI is InChI=1S/2C23H26N2O3/c2*1-15(2)22-21(23(27)24-25(22)17(4)26)13-19-10-11-20(12-16(19)3)28-14-18-8-6-5-7-9-18/h2*5-12,15H,13-14H2,1-4H3,(H,24,27). The van der Waals surface area contributed by atoms with Gasteiger partial charge in [0.1, 0.15) is 24.7 Å². The molecule has 0 aliphatic heterocycles. The molecule has 0 bridgehead atoms. The summed E-state index contributed by atoms with van der Waals surface area (Å²) in [5.41, 5.74) is 8.79. The first kappa shape index (κ1) is 41.0. The summed E-state index contributed by atoms with van der Waals surface area (Å²) < 4.78 is 14.5. The lowest BCUT2D eigenvalue weighted by Gasteiger charge is -2.13. The second-order valence-corrected chi connectivity index (χ2v) is 14.7. The van der Waals surface area contributed by atoms with Crippen LogP contribution in [0, 0.1) is 13.8 Å². The van der Waals surface area contributed by atoms with Gasteiger partial charge in [-0.25, -0.2) is 9.36 Å². The molecule has 0 unspecified atom stereocenters. The van der Waals surface area contributed by atoms with Crippen LogP contribution in [0.2, 0.25) is 0 Å². The van der Waals surface area contributed by atoms with E-state index in [4.69, 9.17) is 9.47 Å². The number of aromatic nitrogens is 4. The summed E-state index contributed by atoms with van der Waals surface area (Å²) in [7, 11) is 0. The zero-order chi connectivity index (χ0) is 40.5. The average Bonchev–Trinajstić information content (AvgIpc) is 3.69. The van der Waals surface area contributed by atoms with Crippen LogP contribution in [0.25, 0.3) is 0 Å². The van der Waals surface area contributed by atoms with Crippen LogP contribution in [0.1, 0.15) is 119 Å². The molecule has 2 N–H and O–H groups in total. The second kappa shape index (κ2) is 18.4. The average molecular weight is 757 g/mol. The van der Waals surface area contributed by atoms with E-state index in [1.807, 2.05) is 139 Å². The zero-order valence-corrected chi connectivity index (χ0v) is 33.6. The van der Waals surface area contributed by atoms with E-state index in [-0.39, 0.29) is 34.8 Å². The Morgan fingerprint density at radius 2 is 0.929 bits per heavy atom. The smallest absolute Gasteiger partial charge is 0.268 e. The van der Waals surface area contributed by atoms with Crippen LogP contribution in [0.4, 0.5) is 0 Å². The lowest BCUT2D eigenvalue weighted by atomic mass is 9.97. The highest BCUT2D eigenvalue weighted by molar-refractivity contribution is 5.77. The summed E-state index contributed by atoms with van der Waals surface area (Å²) >= 11 is 0. The Morgan fingerprint density at radius 1 is 0.571 bits per heavy atom. The molecule has 10 nitrogen and oxygen atoms in total. The number of rotatable bonds is 12. The van der Waals surface area contributed by atoms with Crippen LogP contribution >= 0.6 is 0 Å². The van der Waals surface area contributed by atoms with E-state index < -0.39 is 0 Å². The van der Waals surface area contributed by atoms with Crippen molar-refractivity contribution in [3.63, 3.8) is 0 Å². The molecule has 0 saturated heterocycles. The largest absolute Gasteiger partial charge is 0.489 e. The van der Waals surface area contributed by atoms with Crippen molar-refractivity contribution < 1.29 is 19.1 Å². The summed E-state index contributed by atoms with van der Waals surface area (Å²) in [6.07, 6.45) is 0.960. The maximum absolute atomic E-state index is 12.5. The number of benzene rings is 4. The van der Waals surface area contributed by atoms with Crippen molar-refractivity contribution in [2.45, 2.75) is 93.3 Å². The molecule has 0 spiro atoms. The van der Waals surface area contributed by atoms with E-state index in [9.17, 15) is 19.2 Å². The molecule has 4 aromatic carbocycles. The minimum absolute atomic E-state index is 0.0617. The molecular weight excluding hydrogens is 705 g/mol. The van der Waals surface area contributed by atoms with Gasteiger partial charge in [0.05, 0.1) is 11.4 Å². The van der Waals surface area contributed by atoms with Gasteiger partial charge in [0.15, 0.2) is 0 Å². The van der Waals surface area contributed by atoms with Crippen LogP contribution in [0.5, 0.6) is 11.5 Å². The molecule has 0 saturated carbocycles. The van der Waals surface area contributed by atoms with Crippen LogP contribution in [0.3, 0.4) is 0 Å². The predicted molar refractivity (Wildman–Crippen MR) is 220 cm³/mol. The molecule has 2 heterocycles. The third kappa shape index (κ3) is 10.1. The molecule has 10 heteroatoms. The molecule has 0 aliphatic rings. The highest BCUT2D eigenvalue weighted by Gasteiger charge is 2.22. The maximum atomic E-state index is 12.5. The minimum Gasteiger partial charge on any atom is -0.489 e. The van der Waals surface area contributed by atoms with Gasteiger partial charge in [-0.1, -0.05) is 100 Å². The summed E-state index contributed by atoms with van der Waals surface area (Å²) in [5, 5.41) is 5.34. The molecular formula is C46H52N4O6. The highest BCUT2D eigenvalue weighted by Crippen LogP contribution is 2.26. The van der Waals surface area contributed by atoms with Gasteiger partial charge in [0, 0.05) is 37.8 Å². The van der Waals surface area contributed by atoms with E-state index in [1.54, 1.807) is 0 Å². The molecule has 0 fully saturated rings. The van der Waals surface area contributed by atoms with Gasteiger partial charge in [0.25, 0.3) is 11.1 Å². The fourth-order valence-corrected chi connectivity index (χ4v) is 6.79. The first-order valence-corrected chi connectivity index (χ1v) is 18.9. The SMILES string of the molecule is CC(=O)n1[nH]c(=O)c(Cc2ccc(OCc3ccccc3)cc2C)c1C(C)C.CC(=O)n1[nH]c(=O)c(Cc2ccc(OCc3ccccc3)cc2C)c1C(C)C. The van der Waals surface area contributed by atoms with E-state index in [0.717, 1.165) is 56.3 Å². The van der Waals surface area contributed by atoms with Crippen molar-refractivity contribution >= 4 is 11.8 Å². The zero-order valence-electron chi connectivity index (χ0n) is 33.6. The quantitative estimate of drug-likeness (QED) is 0.128. The molecule has 2 aromatic heterocycles. The van der Waals surface area contributed by atoms with Crippen molar-refractivity contribution in [1.29, 1.82) is 0 Å². The first-order valence-electron chi connectivity index (χ1n) is 18.9. The molecule has 0 atom stereocenters. The number of carbonyl (C=O) groups excluding carboxylic acids is 2. The van der Waals surface area contributed by atoms with Gasteiger partial charge in [-0.05, 0) is 83.3 Å². The number of nitrogens with one attached hydrogen (secondary N) is 2. The minimum atomic E-state index is -0.206. The molecule has 0 aliphatic carbocycles. The fourth-order valence-electron chi connectivity index (χ4n) is 6.79. The third-order valence-electron chi connectivity index (χ3n) is 9.66. The number of aromatic amines is 2. The van der Waals surface area contributed by atoms with Gasteiger partial charge in [-0.15, -0.1) is 0 Å². The van der Waals surface area contributed by atoms with Crippen molar-refractivity contribution in [1.82, 2.24) is 19.6 Å². The molecule has 292 valence electrons. The first-order chi connectivity index (χ1) is 26.7. The molecule has 6 aromatic rings. The number of nitrogens with zero attached hydrogens (tertiary/aromatic N) is 2. The summed E-state index contributed by atoms with van der Waals surface area (Å²) in [6, 6.07) is 31.9. The van der Waals surface area contributed by atoms with Crippen LogP contribution in [0.15, 0.2) is 107 Å². The second-order valence-electron chi connectivity index (χ2n) is 14.7. The Morgan fingerprint density at radius 3 is 1.23 bits per heavy atom. The van der Waals surface area contributed by atoms with Gasteiger partial charge in [0.2, 0.25) is 11.8 Å². The fraction of sp³-hybridized carbons (Fsp3) is 0.304. The number of carbonyl (C=O) groups is 2. The van der Waals surface area contributed by atoms with E-state index in [0.29, 0.717) is 37.2 Å². The lowest BCUT2D eigenvalue weighted by molar-refractivity contribution is 0.0907. The van der Waals surface area contributed by atoms with Gasteiger partial charge in [-0.2, -0.15) is 0 Å². The van der Waals surface area contributed by atoms with E-state index in [1.165, 1.54) is 23.2 Å². The normalized spacial score (nSPS) is 11.0. The Kier molecular flexibility index (Phi) is 13.5. The van der Waals surface area contributed by atoms with Crippen LogP contribution in [-0.2, 0) is 26.1 Å². The number of ether oxygens (including phenoxy) is 2. The highest BCUT2D eigenvalue weighted by atomic mass is 16.5. The third-order valence-corrected chi connectivity index (χ3v) is 9.66. The number of aryl methyl sites for hydroxylation is 2. The number of hydrogen-bond donors (Lipinski definition) is 2. The molecule has 56 heavy (non-hydrogen) atoms. The van der Waals surface area contributed by atoms with Gasteiger partial charge >= 0.3 is 0 Å². The predicted octanol–water partition coefficient (Wildman–Crippen LogP) is 8.88. The van der Waals surface area contributed by atoms with Crippen molar-refractivity contribution in [3.05, 3.63) is 174 Å². The Labute approximate surface area is 328 Å². The van der Waals surface area contributed by atoms with E-state index in [2.05, 4.69) is 10.2 Å². The molecule has 0 radical (unpaired) electrons. The van der Waals surface area contributed by atoms with Crippen molar-refractivity contribution in [3.8, 4) is 11.5 Å². The van der Waals surface area contributed by atoms with Gasteiger partial charge in [-0.3, -0.25) is 29.4 Å². The molecule has 6 rings (SSSR count). The number of hydrogen-bond acceptors (Lipinski definition) is 6.